The summed E-state index contributed by atoms with van der Waals surface area (Å²) >= 11 is 0. The van der Waals surface area contributed by atoms with Crippen LogP contribution in [0.4, 0.5) is 4.39 Å². The normalized spacial score (nSPS) is 22.9. The van der Waals surface area contributed by atoms with Gasteiger partial charge in [-0.25, -0.2) is 4.39 Å². The highest BCUT2D eigenvalue weighted by atomic mass is 19.1. The minimum atomic E-state index is -1.08. The lowest BCUT2D eigenvalue weighted by Crippen LogP contribution is -2.64. The van der Waals surface area contributed by atoms with Crippen molar-refractivity contribution in [3.63, 3.8) is 0 Å². The molecule has 0 saturated carbocycles. The molecule has 4 heterocycles. The number of aryl methyl sites for hydroxylation is 1. The van der Waals surface area contributed by atoms with Crippen LogP contribution >= 0.6 is 0 Å². The summed E-state index contributed by atoms with van der Waals surface area (Å²) in [6, 6.07) is 6.75. The van der Waals surface area contributed by atoms with E-state index in [4.69, 9.17) is 0 Å². The van der Waals surface area contributed by atoms with E-state index in [0.29, 0.717) is 34.4 Å². The number of nitrogens with one attached hydrogen (secondary N) is 1. The quantitative estimate of drug-likeness (QED) is 0.512. The smallest absolute Gasteiger partial charge is 0.162 e. The Bertz CT molecular complexity index is 1310. The second-order valence-corrected chi connectivity index (χ2v) is 9.68. The maximum Gasteiger partial charge on any atom is 0.162 e. The van der Waals surface area contributed by atoms with Crippen LogP contribution in [0.25, 0.3) is 33.3 Å². The van der Waals surface area contributed by atoms with Crippen molar-refractivity contribution in [1.82, 2.24) is 35.1 Å². The van der Waals surface area contributed by atoms with Gasteiger partial charge in [0, 0.05) is 41.3 Å². The first kappa shape index (κ1) is 19.9. The summed E-state index contributed by atoms with van der Waals surface area (Å²) in [7, 11) is 1.73. The van der Waals surface area contributed by atoms with Gasteiger partial charge in [-0.1, -0.05) is 0 Å². The predicted octanol–water partition coefficient (Wildman–Crippen LogP) is 3.52. The molecule has 1 aliphatic rings. The molecule has 0 unspecified atom stereocenters. The van der Waals surface area contributed by atoms with Crippen LogP contribution in [0.5, 0.6) is 5.75 Å². The van der Waals surface area contributed by atoms with E-state index in [0.717, 1.165) is 5.39 Å². The van der Waals surface area contributed by atoms with Crippen LogP contribution in [-0.2, 0) is 7.05 Å². The number of fused-ring (bicyclic) bond motifs is 2. The van der Waals surface area contributed by atoms with Crippen LogP contribution in [-0.4, -0.2) is 52.1 Å². The number of hydrogen-bond acceptors (Lipinski definition) is 6. The van der Waals surface area contributed by atoms with Crippen LogP contribution < -0.4 is 5.32 Å². The molecule has 0 aliphatic carbocycles. The number of aromatic nitrogens is 6. The van der Waals surface area contributed by atoms with Crippen molar-refractivity contribution in [2.75, 3.05) is 0 Å². The molecule has 5 rings (SSSR count). The summed E-state index contributed by atoms with van der Waals surface area (Å²) in [5, 5.41) is 32.0. The monoisotopic (exact) mass is 423 g/mol. The van der Waals surface area contributed by atoms with Crippen molar-refractivity contribution in [3.05, 3.63) is 30.5 Å². The van der Waals surface area contributed by atoms with E-state index in [1.54, 1.807) is 19.2 Å². The van der Waals surface area contributed by atoms with Gasteiger partial charge >= 0.3 is 0 Å². The van der Waals surface area contributed by atoms with E-state index in [1.807, 2.05) is 36.7 Å². The molecule has 1 aromatic carbocycles. The molecule has 1 saturated heterocycles. The number of hydrogen-bond donors (Lipinski definition) is 2. The standard InChI is InChI=1S/C22H26FN7O/c1-21(2)11-17(19(23)22(3,4)28-21)30-7-6-12-8-14(24-25-20(12)30)13-9-15-16(10-18(13)31)27-29(5)26-15/h6-10,17,19,28,31H,11H2,1-5H3/t17-,19-/m0/s1. The number of rotatable bonds is 2. The molecule has 1 fully saturated rings. The van der Waals surface area contributed by atoms with Gasteiger partial charge in [-0.05, 0) is 52.3 Å². The Morgan fingerprint density at radius 2 is 1.81 bits per heavy atom. The van der Waals surface area contributed by atoms with Crippen LogP contribution in [0.1, 0.15) is 40.2 Å². The van der Waals surface area contributed by atoms with Gasteiger partial charge in [-0.3, -0.25) is 0 Å². The zero-order chi connectivity index (χ0) is 22.1. The molecule has 2 N–H and O–H groups in total. The third kappa shape index (κ3) is 3.23. The highest BCUT2D eigenvalue weighted by Crippen LogP contribution is 2.40. The third-order valence-electron chi connectivity index (χ3n) is 6.10. The highest BCUT2D eigenvalue weighted by molar-refractivity contribution is 5.87. The lowest BCUT2D eigenvalue weighted by atomic mass is 9.78. The van der Waals surface area contributed by atoms with Crippen molar-refractivity contribution >= 4 is 22.1 Å². The van der Waals surface area contributed by atoms with Crippen LogP contribution in [0, 0.1) is 0 Å². The second kappa shape index (κ2) is 6.46. The molecule has 1 aliphatic heterocycles. The topological polar surface area (TPSA) is 93.7 Å². The minimum absolute atomic E-state index is 0.0618. The molecule has 9 heteroatoms. The fraction of sp³-hybridized carbons (Fsp3) is 0.455. The average Bonchev–Trinajstić information content (AvgIpc) is 3.24. The average molecular weight is 423 g/mol. The van der Waals surface area contributed by atoms with Gasteiger partial charge < -0.3 is 15.0 Å². The number of phenolic OH excluding ortho intramolecular Hbond substituents is 1. The molecule has 4 aromatic rings. The first-order chi connectivity index (χ1) is 14.5. The molecule has 31 heavy (non-hydrogen) atoms. The fourth-order valence-corrected chi connectivity index (χ4v) is 4.96. The lowest BCUT2D eigenvalue weighted by Gasteiger charge is -2.49. The van der Waals surface area contributed by atoms with E-state index in [-0.39, 0.29) is 17.3 Å². The number of halogens is 1. The van der Waals surface area contributed by atoms with Gasteiger partial charge in [0.15, 0.2) is 5.65 Å². The number of piperidine rings is 1. The molecule has 0 bridgehead atoms. The largest absolute Gasteiger partial charge is 0.507 e. The molecular formula is C22H26FN7O. The number of benzene rings is 1. The zero-order valence-corrected chi connectivity index (χ0v) is 18.3. The zero-order valence-electron chi connectivity index (χ0n) is 18.3. The lowest BCUT2D eigenvalue weighted by molar-refractivity contribution is 0.0313. The van der Waals surface area contributed by atoms with Gasteiger partial charge in [0.25, 0.3) is 0 Å². The summed E-state index contributed by atoms with van der Waals surface area (Å²) in [5.41, 5.74) is 2.08. The summed E-state index contributed by atoms with van der Waals surface area (Å²) in [5.74, 6) is 0.0618. The van der Waals surface area contributed by atoms with Gasteiger partial charge in [-0.2, -0.15) is 15.0 Å². The van der Waals surface area contributed by atoms with Crippen molar-refractivity contribution in [2.45, 2.75) is 57.4 Å². The first-order valence-corrected chi connectivity index (χ1v) is 10.4. The van der Waals surface area contributed by atoms with Crippen molar-refractivity contribution in [1.29, 1.82) is 0 Å². The van der Waals surface area contributed by atoms with E-state index >= 15 is 4.39 Å². The fourth-order valence-electron chi connectivity index (χ4n) is 4.96. The van der Waals surface area contributed by atoms with Gasteiger partial charge in [-0.15, -0.1) is 10.2 Å². The number of aromatic hydroxyl groups is 1. The highest BCUT2D eigenvalue weighted by Gasteiger charge is 2.47. The molecule has 0 spiro atoms. The summed E-state index contributed by atoms with van der Waals surface area (Å²) < 4.78 is 17.3. The molecule has 0 radical (unpaired) electrons. The van der Waals surface area contributed by atoms with E-state index in [1.165, 1.54) is 4.80 Å². The Kier molecular flexibility index (Phi) is 4.14. The third-order valence-corrected chi connectivity index (χ3v) is 6.10. The van der Waals surface area contributed by atoms with Gasteiger partial charge in [0.2, 0.25) is 0 Å². The molecule has 162 valence electrons. The Morgan fingerprint density at radius 1 is 1.10 bits per heavy atom. The maximum atomic E-state index is 15.4. The van der Waals surface area contributed by atoms with Crippen LogP contribution in [0.2, 0.25) is 0 Å². The van der Waals surface area contributed by atoms with Crippen LogP contribution in [0.3, 0.4) is 0 Å². The SMILES string of the molecule is Cn1nc2cc(O)c(-c3cc4ccn([C@H]5CC(C)(C)NC(C)(C)[C@H]5F)c4nn3)cc2n1. The maximum absolute atomic E-state index is 15.4. The summed E-state index contributed by atoms with van der Waals surface area (Å²) in [6.07, 6.45) is 1.43. The number of alkyl halides is 1. The van der Waals surface area contributed by atoms with E-state index in [9.17, 15) is 5.11 Å². The Hall–Kier alpha value is -3.07. The van der Waals surface area contributed by atoms with Crippen molar-refractivity contribution in [2.24, 2.45) is 7.05 Å². The van der Waals surface area contributed by atoms with Crippen molar-refractivity contribution < 1.29 is 9.50 Å². The molecule has 8 nitrogen and oxygen atoms in total. The molecular weight excluding hydrogens is 397 g/mol. The minimum Gasteiger partial charge on any atom is -0.507 e. The number of nitrogens with zero attached hydrogens (tertiary/aromatic N) is 6. The Balaban J connectivity index is 1.57. The summed E-state index contributed by atoms with van der Waals surface area (Å²) in [4.78, 5) is 1.46. The van der Waals surface area contributed by atoms with Gasteiger partial charge in [0.1, 0.15) is 23.0 Å². The van der Waals surface area contributed by atoms with Crippen LogP contribution in [0.15, 0.2) is 30.5 Å². The summed E-state index contributed by atoms with van der Waals surface area (Å²) in [6.45, 7) is 7.97. The first-order valence-electron chi connectivity index (χ1n) is 10.4. The molecule has 0 amide bonds. The molecule has 3 aromatic heterocycles. The Labute approximate surface area is 179 Å². The molecule has 2 atom stereocenters. The second-order valence-electron chi connectivity index (χ2n) is 9.68. The van der Waals surface area contributed by atoms with Gasteiger partial charge in [0.05, 0.1) is 11.7 Å². The Morgan fingerprint density at radius 3 is 2.55 bits per heavy atom. The van der Waals surface area contributed by atoms with E-state index in [2.05, 4.69) is 39.6 Å². The van der Waals surface area contributed by atoms with Crippen molar-refractivity contribution in [3.8, 4) is 17.0 Å². The number of phenols is 1. The predicted molar refractivity (Wildman–Crippen MR) is 117 cm³/mol. The van der Waals surface area contributed by atoms with E-state index < -0.39 is 11.7 Å².